The van der Waals surface area contributed by atoms with Gasteiger partial charge in [-0.25, -0.2) is 0 Å². The molecule has 2 aromatic rings. The van der Waals surface area contributed by atoms with Gasteiger partial charge < -0.3 is 19.3 Å². The highest BCUT2D eigenvalue weighted by Crippen LogP contribution is 2.26. The summed E-state index contributed by atoms with van der Waals surface area (Å²) in [6, 6.07) is 14.6. The minimum atomic E-state index is -0.774. The van der Waals surface area contributed by atoms with E-state index in [-0.39, 0.29) is 0 Å². The first-order valence-electron chi connectivity index (χ1n) is 12.7. The van der Waals surface area contributed by atoms with Gasteiger partial charge >= 0.3 is 0 Å². The van der Waals surface area contributed by atoms with E-state index in [0.29, 0.717) is 13.2 Å². The molecule has 34 heavy (non-hydrogen) atoms. The van der Waals surface area contributed by atoms with Crippen LogP contribution in [0.4, 0.5) is 0 Å². The van der Waals surface area contributed by atoms with Crippen LogP contribution in [-0.4, -0.2) is 79.7 Å². The molecule has 6 heteroatoms. The second-order valence-electron chi connectivity index (χ2n) is 9.86. The maximum Gasteiger partial charge on any atom is 0.122 e. The predicted molar refractivity (Wildman–Crippen MR) is 135 cm³/mol. The quantitative estimate of drug-likeness (QED) is 0.604. The summed E-state index contributed by atoms with van der Waals surface area (Å²) in [7, 11) is 0. The molecule has 1 atom stereocenters. The first-order valence-corrected chi connectivity index (χ1v) is 12.7. The van der Waals surface area contributed by atoms with Crippen molar-refractivity contribution >= 4 is 0 Å². The topological polar surface area (TPSA) is 54.4 Å². The smallest absolute Gasteiger partial charge is 0.122 e. The van der Waals surface area contributed by atoms with Crippen molar-refractivity contribution in [2.24, 2.45) is 0 Å². The van der Waals surface area contributed by atoms with E-state index in [9.17, 15) is 5.11 Å². The fourth-order valence-electron chi connectivity index (χ4n) is 4.78. The number of morpholine rings is 1. The van der Waals surface area contributed by atoms with E-state index in [1.165, 1.54) is 11.1 Å². The van der Waals surface area contributed by atoms with Crippen LogP contribution in [0, 0.1) is 13.8 Å². The van der Waals surface area contributed by atoms with Crippen molar-refractivity contribution in [3.63, 3.8) is 0 Å². The largest absolute Gasteiger partial charge is 0.492 e. The van der Waals surface area contributed by atoms with Gasteiger partial charge in [-0.1, -0.05) is 29.8 Å². The van der Waals surface area contributed by atoms with Crippen molar-refractivity contribution in [3.8, 4) is 11.5 Å². The van der Waals surface area contributed by atoms with Gasteiger partial charge in [0.15, 0.2) is 0 Å². The molecule has 0 aliphatic carbocycles. The zero-order valence-corrected chi connectivity index (χ0v) is 20.8. The summed E-state index contributed by atoms with van der Waals surface area (Å²) >= 11 is 0. The van der Waals surface area contributed by atoms with Gasteiger partial charge in [0.05, 0.1) is 18.8 Å². The lowest BCUT2D eigenvalue weighted by molar-refractivity contribution is -0.0170. The van der Waals surface area contributed by atoms with E-state index in [0.717, 1.165) is 88.8 Å². The molecule has 2 heterocycles. The van der Waals surface area contributed by atoms with Crippen molar-refractivity contribution in [1.82, 2.24) is 9.80 Å². The maximum absolute atomic E-state index is 11.2. The number of aryl methyl sites for hydroxylation is 2. The highest BCUT2D eigenvalue weighted by Gasteiger charge is 2.31. The molecule has 186 valence electrons. The van der Waals surface area contributed by atoms with Gasteiger partial charge in [-0.2, -0.15) is 0 Å². The van der Waals surface area contributed by atoms with Gasteiger partial charge in [0.2, 0.25) is 0 Å². The van der Waals surface area contributed by atoms with Crippen LogP contribution in [0.25, 0.3) is 0 Å². The second kappa shape index (κ2) is 12.0. The molecular weight excluding hydrogens is 428 g/mol. The molecule has 1 N–H and O–H groups in total. The van der Waals surface area contributed by atoms with Gasteiger partial charge in [0.25, 0.3) is 0 Å². The first-order chi connectivity index (χ1) is 16.5. The lowest BCUT2D eigenvalue weighted by Gasteiger charge is -2.27. The number of hydrogen-bond donors (Lipinski definition) is 1. The minimum absolute atomic E-state index is 0.348. The molecular formula is C28H40N2O4. The van der Waals surface area contributed by atoms with Crippen molar-refractivity contribution in [3.05, 3.63) is 59.2 Å². The number of hydrogen-bond acceptors (Lipinski definition) is 6. The Hall–Kier alpha value is -2.12. The summed E-state index contributed by atoms with van der Waals surface area (Å²) in [6.07, 6.45) is 2.46. The van der Waals surface area contributed by atoms with Crippen LogP contribution in [0.3, 0.4) is 0 Å². The zero-order valence-electron chi connectivity index (χ0n) is 20.8. The third kappa shape index (κ3) is 7.44. The van der Waals surface area contributed by atoms with Crippen molar-refractivity contribution in [1.29, 1.82) is 0 Å². The van der Waals surface area contributed by atoms with Crippen LogP contribution in [0.5, 0.6) is 11.5 Å². The highest BCUT2D eigenvalue weighted by molar-refractivity contribution is 5.35. The molecule has 0 aromatic heterocycles. The SMILES string of the molecule is Cc1ccc(OCC2(O)CCCN(Cc3ccc(OCCN4CCOCC4)cc3)CC2)c(C)c1. The van der Waals surface area contributed by atoms with E-state index < -0.39 is 5.60 Å². The summed E-state index contributed by atoms with van der Waals surface area (Å²) in [4.78, 5) is 4.81. The van der Waals surface area contributed by atoms with E-state index in [2.05, 4.69) is 60.0 Å². The number of benzene rings is 2. The Morgan fingerprint density at radius 3 is 2.47 bits per heavy atom. The Labute approximate surface area is 204 Å². The van der Waals surface area contributed by atoms with Crippen LogP contribution in [0.1, 0.15) is 36.0 Å². The molecule has 0 bridgehead atoms. The van der Waals surface area contributed by atoms with E-state index >= 15 is 0 Å². The first kappa shape index (κ1) is 25.0. The lowest BCUT2D eigenvalue weighted by Crippen LogP contribution is -2.38. The summed E-state index contributed by atoms with van der Waals surface area (Å²) in [5.74, 6) is 1.79. The molecule has 6 nitrogen and oxygen atoms in total. The van der Waals surface area contributed by atoms with Crippen molar-refractivity contribution < 1.29 is 19.3 Å². The molecule has 2 aliphatic rings. The van der Waals surface area contributed by atoms with Crippen molar-refractivity contribution in [2.45, 2.75) is 45.3 Å². The molecule has 4 rings (SSSR count). The average Bonchev–Trinajstić information content (AvgIpc) is 3.02. The maximum atomic E-state index is 11.2. The summed E-state index contributed by atoms with van der Waals surface area (Å²) in [6.45, 7) is 12.5. The molecule has 2 aliphatic heterocycles. The zero-order chi connectivity index (χ0) is 23.8. The monoisotopic (exact) mass is 468 g/mol. The summed E-state index contributed by atoms with van der Waals surface area (Å²) in [5, 5.41) is 11.2. The molecule has 2 aromatic carbocycles. The van der Waals surface area contributed by atoms with Gasteiger partial charge in [-0.05, 0) is 69.0 Å². The second-order valence-corrected chi connectivity index (χ2v) is 9.86. The lowest BCUT2D eigenvalue weighted by atomic mass is 9.96. The summed E-state index contributed by atoms with van der Waals surface area (Å²) in [5.41, 5.74) is 2.84. The molecule has 0 radical (unpaired) electrons. The third-order valence-corrected chi connectivity index (χ3v) is 6.95. The normalized spacial score (nSPS) is 22.3. The Morgan fingerprint density at radius 2 is 1.71 bits per heavy atom. The molecule has 0 amide bonds. The van der Waals surface area contributed by atoms with Gasteiger partial charge in [-0.3, -0.25) is 9.80 Å². The number of nitrogens with zero attached hydrogens (tertiary/aromatic N) is 2. The van der Waals surface area contributed by atoms with E-state index in [1.54, 1.807) is 0 Å². The highest BCUT2D eigenvalue weighted by atomic mass is 16.5. The van der Waals surface area contributed by atoms with Crippen LogP contribution in [-0.2, 0) is 11.3 Å². The number of rotatable bonds is 9. The third-order valence-electron chi connectivity index (χ3n) is 6.95. The van der Waals surface area contributed by atoms with Gasteiger partial charge in [0, 0.05) is 32.7 Å². The summed E-state index contributed by atoms with van der Waals surface area (Å²) < 4.78 is 17.4. The average molecular weight is 469 g/mol. The van der Waals surface area contributed by atoms with E-state index in [1.807, 2.05) is 6.07 Å². The van der Waals surface area contributed by atoms with Crippen LogP contribution in [0.2, 0.25) is 0 Å². The standard InChI is InChI=1S/C28H40N2O4/c1-23-4-9-27(24(2)20-23)34-22-28(31)10-3-12-30(13-11-28)21-25-5-7-26(8-6-25)33-19-16-29-14-17-32-18-15-29/h4-9,20,31H,3,10-19,21-22H2,1-2H3. The molecule has 2 fully saturated rings. The Bertz CT molecular complexity index is 898. The fraction of sp³-hybridized carbons (Fsp3) is 0.571. The Balaban J connectivity index is 1.20. The molecule has 0 saturated carbocycles. The van der Waals surface area contributed by atoms with Crippen molar-refractivity contribution in [2.75, 3.05) is 59.2 Å². The Morgan fingerprint density at radius 1 is 0.912 bits per heavy atom. The van der Waals surface area contributed by atoms with E-state index in [4.69, 9.17) is 14.2 Å². The molecule has 0 spiro atoms. The van der Waals surface area contributed by atoms with Gasteiger partial charge in [-0.15, -0.1) is 0 Å². The minimum Gasteiger partial charge on any atom is -0.492 e. The van der Waals surface area contributed by atoms with Crippen LogP contribution in [0.15, 0.2) is 42.5 Å². The van der Waals surface area contributed by atoms with Crippen LogP contribution >= 0.6 is 0 Å². The number of ether oxygens (including phenoxy) is 3. The molecule has 1 unspecified atom stereocenters. The fourth-order valence-corrected chi connectivity index (χ4v) is 4.78. The molecule has 2 saturated heterocycles. The Kier molecular flexibility index (Phi) is 8.84. The van der Waals surface area contributed by atoms with Gasteiger partial charge in [0.1, 0.15) is 24.7 Å². The number of aliphatic hydroxyl groups is 1. The predicted octanol–water partition coefficient (Wildman–Crippen LogP) is 3.81. The van der Waals surface area contributed by atoms with Crippen LogP contribution < -0.4 is 9.47 Å². The number of likely N-dealkylation sites (tertiary alicyclic amines) is 1.